The summed E-state index contributed by atoms with van der Waals surface area (Å²) < 4.78 is 13.3. The van der Waals surface area contributed by atoms with Crippen molar-refractivity contribution in [3.8, 4) is 0 Å². The third kappa shape index (κ3) is 3.03. The maximum atomic E-state index is 13.3. The number of halogens is 1. The van der Waals surface area contributed by atoms with E-state index in [2.05, 4.69) is 22.4 Å². The van der Waals surface area contributed by atoms with Gasteiger partial charge in [0, 0.05) is 43.5 Å². The highest BCUT2D eigenvalue weighted by Gasteiger charge is 2.45. The molecule has 0 saturated carbocycles. The molecule has 4 rings (SSSR count). The van der Waals surface area contributed by atoms with E-state index >= 15 is 0 Å². The molecule has 0 aliphatic carbocycles. The van der Waals surface area contributed by atoms with Crippen LogP contribution in [0.15, 0.2) is 41.8 Å². The van der Waals surface area contributed by atoms with Crippen LogP contribution >= 0.6 is 11.3 Å². The molecule has 1 aromatic carbocycles. The van der Waals surface area contributed by atoms with E-state index in [0.717, 1.165) is 31.7 Å². The van der Waals surface area contributed by atoms with Crippen LogP contribution in [0.25, 0.3) is 0 Å². The minimum atomic E-state index is -0.239. The van der Waals surface area contributed by atoms with E-state index < -0.39 is 0 Å². The SMILES string of the molecule is O=C1[C@@H]2CN(Cc3cccs3)C[C@@H]2CN1Cc1cccc(F)c1. The Kier molecular flexibility index (Phi) is 3.91. The fraction of sp³-hybridized carbons (Fsp3) is 0.389. The van der Waals surface area contributed by atoms with Crippen LogP contribution < -0.4 is 0 Å². The van der Waals surface area contributed by atoms with Crippen LogP contribution in [0.4, 0.5) is 4.39 Å². The van der Waals surface area contributed by atoms with Gasteiger partial charge in [0.2, 0.25) is 5.91 Å². The summed E-state index contributed by atoms with van der Waals surface area (Å²) in [5.74, 6) is 0.518. The van der Waals surface area contributed by atoms with Crippen LogP contribution in [-0.4, -0.2) is 35.3 Å². The van der Waals surface area contributed by atoms with E-state index in [1.54, 1.807) is 17.4 Å². The van der Waals surface area contributed by atoms with Gasteiger partial charge < -0.3 is 4.90 Å². The van der Waals surface area contributed by atoms with Gasteiger partial charge >= 0.3 is 0 Å². The summed E-state index contributed by atoms with van der Waals surface area (Å²) in [6, 6.07) is 10.8. The zero-order chi connectivity index (χ0) is 15.8. The van der Waals surface area contributed by atoms with Crippen LogP contribution in [0, 0.1) is 17.7 Å². The molecule has 23 heavy (non-hydrogen) atoms. The number of fused-ring (bicyclic) bond motifs is 1. The molecule has 0 spiro atoms. The van der Waals surface area contributed by atoms with Crippen molar-refractivity contribution in [2.24, 2.45) is 11.8 Å². The maximum Gasteiger partial charge on any atom is 0.227 e. The van der Waals surface area contributed by atoms with Crippen LogP contribution in [0.5, 0.6) is 0 Å². The normalized spacial score (nSPS) is 24.4. The molecule has 2 aromatic rings. The molecule has 3 heterocycles. The first-order valence-electron chi connectivity index (χ1n) is 7.97. The molecule has 2 aliphatic rings. The number of thiophene rings is 1. The molecule has 0 unspecified atom stereocenters. The number of rotatable bonds is 4. The topological polar surface area (TPSA) is 23.6 Å². The summed E-state index contributed by atoms with van der Waals surface area (Å²) in [4.78, 5) is 18.3. The van der Waals surface area contributed by atoms with E-state index in [9.17, 15) is 9.18 Å². The Labute approximate surface area is 139 Å². The zero-order valence-corrected chi connectivity index (χ0v) is 13.6. The number of likely N-dealkylation sites (tertiary alicyclic amines) is 2. The fourth-order valence-electron chi connectivity index (χ4n) is 3.78. The first-order valence-corrected chi connectivity index (χ1v) is 8.85. The van der Waals surface area contributed by atoms with Gasteiger partial charge in [-0.15, -0.1) is 11.3 Å². The number of hydrogen-bond acceptors (Lipinski definition) is 3. The van der Waals surface area contributed by atoms with Crippen molar-refractivity contribution in [3.05, 3.63) is 58.0 Å². The summed E-state index contributed by atoms with van der Waals surface area (Å²) >= 11 is 1.77. The second-order valence-corrected chi connectivity index (χ2v) is 7.52. The van der Waals surface area contributed by atoms with Crippen molar-refractivity contribution in [2.75, 3.05) is 19.6 Å². The number of carbonyl (C=O) groups excluding carboxylic acids is 1. The molecule has 2 fully saturated rings. The van der Waals surface area contributed by atoms with Crippen LogP contribution in [-0.2, 0) is 17.9 Å². The van der Waals surface area contributed by atoms with Gasteiger partial charge in [0.05, 0.1) is 5.92 Å². The second-order valence-electron chi connectivity index (χ2n) is 6.49. The predicted molar refractivity (Wildman–Crippen MR) is 88.4 cm³/mol. The molecule has 120 valence electrons. The maximum absolute atomic E-state index is 13.3. The summed E-state index contributed by atoms with van der Waals surface area (Å²) in [6.45, 7) is 4.09. The van der Waals surface area contributed by atoms with Crippen molar-refractivity contribution in [1.29, 1.82) is 0 Å². The van der Waals surface area contributed by atoms with E-state index in [1.165, 1.54) is 17.0 Å². The number of nitrogens with zero attached hydrogens (tertiary/aromatic N) is 2. The monoisotopic (exact) mass is 330 g/mol. The number of hydrogen-bond donors (Lipinski definition) is 0. The zero-order valence-electron chi connectivity index (χ0n) is 12.8. The van der Waals surface area contributed by atoms with Crippen molar-refractivity contribution in [2.45, 2.75) is 13.1 Å². The molecular formula is C18H19FN2OS. The Morgan fingerprint density at radius 3 is 2.78 bits per heavy atom. The molecule has 1 aromatic heterocycles. The molecule has 1 amide bonds. The first kappa shape index (κ1) is 14.8. The fourth-order valence-corrected chi connectivity index (χ4v) is 4.53. The number of amides is 1. The average Bonchev–Trinajstić information content (AvgIpc) is 3.21. The lowest BCUT2D eigenvalue weighted by molar-refractivity contribution is -0.131. The van der Waals surface area contributed by atoms with Crippen LogP contribution in [0.2, 0.25) is 0 Å². The molecule has 0 bridgehead atoms. The standard InChI is InChI=1S/C18H19FN2OS/c19-15-4-1-3-13(7-15)8-21-10-14-9-20(12-17(14)18(21)22)11-16-5-2-6-23-16/h1-7,14,17H,8-12H2/t14-,17-/m1/s1. The van der Waals surface area contributed by atoms with Crippen molar-refractivity contribution in [1.82, 2.24) is 9.80 Å². The number of benzene rings is 1. The Bertz CT molecular complexity index is 703. The van der Waals surface area contributed by atoms with Crippen molar-refractivity contribution in [3.63, 3.8) is 0 Å². The molecule has 5 heteroatoms. The van der Waals surface area contributed by atoms with Gasteiger partial charge in [0.1, 0.15) is 5.82 Å². The molecule has 2 atom stereocenters. The van der Waals surface area contributed by atoms with Crippen LogP contribution in [0.1, 0.15) is 10.4 Å². The van der Waals surface area contributed by atoms with Gasteiger partial charge in [-0.25, -0.2) is 4.39 Å². The lowest BCUT2D eigenvalue weighted by Crippen LogP contribution is -2.32. The molecule has 0 N–H and O–H groups in total. The van der Waals surface area contributed by atoms with Crippen molar-refractivity contribution < 1.29 is 9.18 Å². The Morgan fingerprint density at radius 2 is 2.04 bits per heavy atom. The van der Waals surface area contributed by atoms with E-state index in [4.69, 9.17) is 0 Å². The summed E-state index contributed by atoms with van der Waals surface area (Å²) in [5.41, 5.74) is 0.869. The summed E-state index contributed by atoms with van der Waals surface area (Å²) in [6.07, 6.45) is 0. The van der Waals surface area contributed by atoms with E-state index in [1.807, 2.05) is 11.0 Å². The summed E-state index contributed by atoms with van der Waals surface area (Å²) in [5, 5.41) is 2.10. The second kappa shape index (κ2) is 6.06. The Balaban J connectivity index is 1.38. The Hall–Kier alpha value is -1.72. The third-order valence-electron chi connectivity index (χ3n) is 4.82. The predicted octanol–water partition coefficient (Wildman–Crippen LogP) is 2.98. The quantitative estimate of drug-likeness (QED) is 0.860. The minimum Gasteiger partial charge on any atom is -0.338 e. The van der Waals surface area contributed by atoms with Crippen molar-refractivity contribution >= 4 is 17.2 Å². The van der Waals surface area contributed by atoms with Gasteiger partial charge in [-0.05, 0) is 29.1 Å². The summed E-state index contributed by atoms with van der Waals surface area (Å²) in [7, 11) is 0. The first-order chi connectivity index (χ1) is 11.2. The molecule has 3 nitrogen and oxygen atoms in total. The highest BCUT2D eigenvalue weighted by molar-refractivity contribution is 7.09. The van der Waals surface area contributed by atoms with Gasteiger partial charge in [-0.2, -0.15) is 0 Å². The highest BCUT2D eigenvalue weighted by Crippen LogP contribution is 2.34. The van der Waals surface area contributed by atoms with Gasteiger partial charge in [-0.3, -0.25) is 9.69 Å². The van der Waals surface area contributed by atoms with E-state index in [0.29, 0.717) is 12.5 Å². The Morgan fingerprint density at radius 1 is 1.13 bits per heavy atom. The smallest absolute Gasteiger partial charge is 0.227 e. The molecular weight excluding hydrogens is 311 g/mol. The third-order valence-corrected chi connectivity index (χ3v) is 5.68. The molecule has 2 aliphatic heterocycles. The average molecular weight is 330 g/mol. The van der Waals surface area contributed by atoms with Gasteiger partial charge in [0.15, 0.2) is 0 Å². The minimum absolute atomic E-state index is 0.114. The largest absolute Gasteiger partial charge is 0.338 e. The van der Waals surface area contributed by atoms with Gasteiger partial charge in [-0.1, -0.05) is 18.2 Å². The van der Waals surface area contributed by atoms with Crippen LogP contribution in [0.3, 0.4) is 0 Å². The number of carbonyl (C=O) groups is 1. The van der Waals surface area contributed by atoms with Gasteiger partial charge in [0.25, 0.3) is 0 Å². The molecule has 2 saturated heterocycles. The van der Waals surface area contributed by atoms with E-state index in [-0.39, 0.29) is 17.6 Å². The highest BCUT2D eigenvalue weighted by atomic mass is 32.1. The lowest BCUT2D eigenvalue weighted by atomic mass is 10.0. The lowest BCUT2D eigenvalue weighted by Gasteiger charge is -2.21. The molecule has 0 radical (unpaired) electrons.